The molecule has 0 unspecified atom stereocenters. The summed E-state index contributed by atoms with van der Waals surface area (Å²) in [6.45, 7) is -0.389. The van der Waals surface area contributed by atoms with Gasteiger partial charge in [0, 0.05) is 0 Å². The van der Waals surface area contributed by atoms with Gasteiger partial charge in [-0.15, -0.1) is 0 Å². The van der Waals surface area contributed by atoms with Crippen LogP contribution in [-0.2, 0) is 13.8 Å². The van der Waals surface area contributed by atoms with E-state index in [4.69, 9.17) is 31.7 Å². The van der Waals surface area contributed by atoms with Crippen LogP contribution in [0.1, 0.15) is 6.23 Å². The number of hydrogen-bond donors (Lipinski definition) is 3. The van der Waals surface area contributed by atoms with Gasteiger partial charge in [0.15, 0.2) is 17.4 Å². The van der Waals surface area contributed by atoms with Crippen LogP contribution in [-0.4, -0.2) is 54.7 Å². The maximum absolute atomic E-state index is 11.6. The van der Waals surface area contributed by atoms with E-state index in [1.54, 1.807) is 0 Å². The van der Waals surface area contributed by atoms with E-state index in [0.717, 1.165) is 0 Å². The number of nitrogens with one attached hydrogen (secondary N) is 1. The SMILES string of the molecule is O=c1[nH]cnc2c1ncn2[C@@H]1O[C@H](COP(=O)(Cl)Cl)[C@@H](O)[C@H]1O. The highest BCUT2D eigenvalue weighted by atomic mass is 35.9. The zero-order valence-electron chi connectivity index (χ0n) is 11.2. The molecular weight excluding hydrogens is 374 g/mol. The van der Waals surface area contributed by atoms with Crippen molar-refractivity contribution in [3.63, 3.8) is 0 Å². The molecule has 126 valence electrons. The van der Waals surface area contributed by atoms with Crippen molar-refractivity contribution in [3.8, 4) is 0 Å². The Labute approximate surface area is 138 Å². The van der Waals surface area contributed by atoms with E-state index in [2.05, 4.69) is 15.0 Å². The molecule has 3 N–H and O–H groups in total. The van der Waals surface area contributed by atoms with Gasteiger partial charge in [-0.1, -0.05) is 0 Å². The normalized spacial score (nSPS) is 28.5. The van der Waals surface area contributed by atoms with Crippen LogP contribution in [0.3, 0.4) is 0 Å². The summed E-state index contributed by atoms with van der Waals surface area (Å²) in [5, 5.41) is 20.1. The largest absolute Gasteiger partial charge is 0.387 e. The van der Waals surface area contributed by atoms with Crippen molar-refractivity contribution < 1.29 is 24.0 Å². The Hall–Kier alpha value is -1.00. The van der Waals surface area contributed by atoms with Crippen LogP contribution in [0.5, 0.6) is 0 Å². The van der Waals surface area contributed by atoms with Crippen molar-refractivity contribution in [3.05, 3.63) is 23.0 Å². The molecule has 1 aliphatic heterocycles. The van der Waals surface area contributed by atoms with Crippen LogP contribution in [0.2, 0.25) is 0 Å². The number of rotatable bonds is 4. The summed E-state index contributed by atoms with van der Waals surface area (Å²) in [5.41, 5.74) is -0.220. The molecule has 3 rings (SSSR count). The molecule has 13 heteroatoms. The molecule has 0 spiro atoms. The maximum Gasteiger partial charge on any atom is 0.380 e. The minimum Gasteiger partial charge on any atom is -0.387 e. The van der Waals surface area contributed by atoms with E-state index < -0.39 is 36.2 Å². The van der Waals surface area contributed by atoms with Crippen LogP contribution in [0.25, 0.3) is 11.2 Å². The van der Waals surface area contributed by atoms with Crippen molar-refractivity contribution in [2.24, 2.45) is 0 Å². The number of aliphatic hydroxyl groups excluding tert-OH is 2. The van der Waals surface area contributed by atoms with Gasteiger partial charge in [-0.3, -0.25) is 13.9 Å². The van der Waals surface area contributed by atoms with E-state index in [-0.39, 0.29) is 17.8 Å². The summed E-state index contributed by atoms with van der Waals surface area (Å²) in [6, 6.07) is 0. The monoisotopic (exact) mass is 384 g/mol. The van der Waals surface area contributed by atoms with Crippen LogP contribution < -0.4 is 5.56 Å². The van der Waals surface area contributed by atoms with E-state index in [1.807, 2.05) is 0 Å². The zero-order valence-corrected chi connectivity index (χ0v) is 13.6. The molecule has 0 aromatic carbocycles. The fourth-order valence-corrected chi connectivity index (χ4v) is 2.96. The molecule has 0 amide bonds. The van der Waals surface area contributed by atoms with Gasteiger partial charge in [-0.05, 0) is 22.5 Å². The van der Waals surface area contributed by atoms with Gasteiger partial charge in [-0.25, -0.2) is 9.97 Å². The molecule has 0 saturated carbocycles. The quantitative estimate of drug-likeness (QED) is 0.641. The smallest absolute Gasteiger partial charge is 0.380 e. The predicted molar refractivity (Wildman–Crippen MR) is 79.3 cm³/mol. The number of aliphatic hydroxyl groups is 2. The van der Waals surface area contributed by atoms with Gasteiger partial charge in [0.25, 0.3) is 5.56 Å². The number of hydrogen-bond acceptors (Lipinski definition) is 8. The summed E-state index contributed by atoms with van der Waals surface area (Å²) >= 11 is 10.5. The third-order valence-electron chi connectivity index (χ3n) is 3.37. The Balaban J connectivity index is 1.87. The van der Waals surface area contributed by atoms with Crippen LogP contribution >= 0.6 is 28.6 Å². The Morgan fingerprint density at radius 2 is 2.13 bits per heavy atom. The van der Waals surface area contributed by atoms with E-state index >= 15 is 0 Å². The molecule has 10 nitrogen and oxygen atoms in total. The second kappa shape index (κ2) is 6.14. The zero-order chi connectivity index (χ0) is 16.8. The van der Waals surface area contributed by atoms with E-state index in [0.29, 0.717) is 0 Å². The molecule has 2 aromatic heterocycles. The van der Waals surface area contributed by atoms with Crippen molar-refractivity contribution in [2.75, 3.05) is 6.61 Å². The third-order valence-corrected chi connectivity index (χ3v) is 4.40. The lowest BCUT2D eigenvalue weighted by Gasteiger charge is -2.16. The summed E-state index contributed by atoms with van der Waals surface area (Å²) in [4.78, 5) is 21.9. The first-order valence-corrected chi connectivity index (χ1v) is 9.77. The number of H-pyrrole nitrogens is 1. The molecule has 23 heavy (non-hydrogen) atoms. The average Bonchev–Trinajstić information content (AvgIpc) is 3.01. The first kappa shape index (κ1) is 16.8. The highest BCUT2D eigenvalue weighted by Gasteiger charge is 2.45. The molecule has 0 aliphatic carbocycles. The van der Waals surface area contributed by atoms with Crippen LogP contribution in [0.4, 0.5) is 0 Å². The minimum absolute atomic E-state index is 0.0588. The summed E-state index contributed by atoms with van der Waals surface area (Å²) in [5.74, 6) is 0. The fraction of sp³-hybridized carbons (Fsp3) is 0.500. The number of ether oxygens (including phenoxy) is 1. The topological polar surface area (TPSA) is 140 Å². The lowest BCUT2D eigenvalue weighted by Crippen LogP contribution is -2.33. The Kier molecular flexibility index (Phi) is 4.49. The Morgan fingerprint density at radius 1 is 1.39 bits per heavy atom. The van der Waals surface area contributed by atoms with Gasteiger partial charge in [-0.2, -0.15) is 0 Å². The molecule has 1 fully saturated rings. The Morgan fingerprint density at radius 3 is 2.83 bits per heavy atom. The third kappa shape index (κ3) is 3.29. The molecule has 0 radical (unpaired) electrons. The molecular formula is C10H11Cl2N4O6P. The predicted octanol–water partition coefficient (Wildman–Crippen LogP) is 0.341. The highest BCUT2D eigenvalue weighted by molar-refractivity contribution is 8.05. The summed E-state index contributed by atoms with van der Waals surface area (Å²) < 4.78 is 22.6. The lowest BCUT2D eigenvalue weighted by molar-refractivity contribution is -0.0465. The average molecular weight is 385 g/mol. The molecule has 3 heterocycles. The van der Waals surface area contributed by atoms with Gasteiger partial charge in [0.1, 0.15) is 18.3 Å². The molecule has 4 atom stereocenters. The molecule has 1 saturated heterocycles. The number of aromatic amines is 1. The minimum atomic E-state index is -3.80. The lowest BCUT2D eigenvalue weighted by atomic mass is 10.1. The first-order chi connectivity index (χ1) is 10.8. The van der Waals surface area contributed by atoms with Gasteiger partial charge in [0.05, 0.1) is 19.3 Å². The summed E-state index contributed by atoms with van der Waals surface area (Å²) in [7, 11) is 0. The molecule has 0 bridgehead atoms. The van der Waals surface area contributed by atoms with Crippen LogP contribution in [0.15, 0.2) is 17.4 Å². The second-order valence-electron chi connectivity index (χ2n) is 4.81. The summed E-state index contributed by atoms with van der Waals surface area (Å²) in [6.07, 6.45) is -6.16. The number of aromatic nitrogens is 4. The van der Waals surface area contributed by atoms with Gasteiger partial charge < -0.3 is 24.5 Å². The van der Waals surface area contributed by atoms with Crippen LogP contribution in [0, 0.1) is 0 Å². The van der Waals surface area contributed by atoms with E-state index in [1.165, 1.54) is 17.2 Å². The van der Waals surface area contributed by atoms with Gasteiger partial charge in [0.2, 0.25) is 0 Å². The first-order valence-electron chi connectivity index (χ1n) is 6.33. The number of nitrogens with zero attached hydrogens (tertiary/aromatic N) is 3. The van der Waals surface area contributed by atoms with Crippen molar-refractivity contribution >= 4 is 39.7 Å². The van der Waals surface area contributed by atoms with Crippen molar-refractivity contribution in [2.45, 2.75) is 24.5 Å². The fourth-order valence-electron chi connectivity index (χ4n) is 2.31. The number of imidazole rings is 1. The molecule has 2 aromatic rings. The maximum atomic E-state index is 11.6. The van der Waals surface area contributed by atoms with E-state index in [9.17, 15) is 19.6 Å². The second-order valence-corrected chi connectivity index (χ2v) is 9.09. The Bertz CT molecular complexity index is 821. The molecule has 1 aliphatic rings. The van der Waals surface area contributed by atoms with Gasteiger partial charge >= 0.3 is 6.07 Å². The number of fused-ring (bicyclic) bond motifs is 1. The van der Waals surface area contributed by atoms with Crippen molar-refractivity contribution in [1.29, 1.82) is 0 Å². The standard InChI is InChI=1S/C10H11Cl2N4O6P/c11-23(12,20)21-1-4-6(17)7(18)10(22-4)16-3-15-5-8(16)13-2-14-9(5)19/h2-4,6-7,10,17-18H,1H2,(H,13,14,19)/t4-,6-,7-,10-/m1/s1. The number of halogens is 2. The highest BCUT2D eigenvalue weighted by Crippen LogP contribution is 2.57. The van der Waals surface area contributed by atoms with Crippen molar-refractivity contribution in [1.82, 2.24) is 19.5 Å².